The van der Waals surface area contributed by atoms with Crippen LogP contribution in [0, 0.1) is 10.1 Å². The number of nitrogens with zero attached hydrogens (tertiary/aromatic N) is 1. The first-order valence-electron chi connectivity index (χ1n) is 3.44. The van der Waals surface area contributed by atoms with Crippen molar-refractivity contribution in [1.29, 1.82) is 0 Å². The molecule has 0 atom stereocenters. The van der Waals surface area contributed by atoms with Gasteiger partial charge >= 0.3 is 0 Å². The first kappa shape index (κ1) is 13.1. The summed E-state index contributed by atoms with van der Waals surface area (Å²) in [5.41, 5.74) is -0.340. The average molecular weight is 309 g/mol. The molecule has 15 heavy (non-hydrogen) atoms. The number of rotatable bonds is 1. The van der Waals surface area contributed by atoms with Crippen LogP contribution in [0.25, 0.3) is 0 Å². The molecule has 0 saturated carbocycles. The van der Waals surface area contributed by atoms with Gasteiger partial charge in [-0.05, 0) is 6.07 Å². The molecule has 0 radical (unpaired) electrons. The highest BCUT2D eigenvalue weighted by atomic mass is 35.6. The van der Waals surface area contributed by atoms with Crippen LogP contribution in [-0.4, -0.2) is 4.92 Å². The molecule has 1 aromatic carbocycles. The van der Waals surface area contributed by atoms with E-state index in [0.29, 0.717) is 0 Å². The van der Waals surface area contributed by atoms with Crippen molar-refractivity contribution >= 4 is 63.7 Å². The molecule has 0 unspecified atom stereocenters. The van der Waals surface area contributed by atoms with Crippen LogP contribution in [-0.2, 0) is 3.79 Å². The lowest BCUT2D eigenvalue weighted by molar-refractivity contribution is -0.384. The summed E-state index contributed by atoms with van der Waals surface area (Å²) in [6.07, 6.45) is 0. The van der Waals surface area contributed by atoms with Crippen molar-refractivity contribution in [1.82, 2.24) is 0 Å². The van der Waals surface area contributed by atoms with Gasteiger partial charge in [-0.15, -0.1) is 0 Å². The van der Waals surface area contributed by atoms with Crippen molar-refractivity contribution in [3.8, 4) is 0 Å². The van der Waals surface area contributed by atoms with E-state index in [2.05, 4.69) is 0 Å². The third-order valence-corrected chi connectivity index (χ3v) is 2.76. The van der Waals surface area contributed by atoms with Crippen molar-refractivity contribution in [2.75, 3.05) is 0 Å². The Morgan fingerprint density at radius 3 is 2.07 bits per heavy atom. The number of hydrogen-bond acceptors (Lipinski definition) is 2. The minimum atomic E-state index is -1.83. The summed E-state index contributed by atoms with van der Waals surface area (Å²) in [7, 11) is 0. The zero-order chi connectivity index (χ0) is 11.8. The molecule has 0 aliphatic heterocycles. The molecular weight excluding hydrogens is 307 g/mol. The lowest BCUT2D eigenvalue weighted by Crippen LogP contribution is -2.03. The molecule has 0 aliphatic rings. The molecule has 1 rings (SSSR count). The zero-order valence-electron chi connectivity index (χ0n) is 6.81. The Morgan fingerprint density at radius 2 is 1.67 bits per heavy atom. The Bertz CT molecular complexity index is 415. The van der Waals surface area contributed by atoms with E-state index in [1.165, 1.54) is 6.07 Å². The van der Waals surface area contributed by atoms with Gasteiger partial charge in [0.15, 0.2) is 0 Å². The van der Waals surface area contributed by atoms with E-state index in [-0.39, 0.29) is 21.3 Å². The molecule has 3 nitrogen and oxygen atoms in total. The summed E-state index contributed by atoms with van der Waals surface area (Å²) in [6, 6.07) is 2.20. The first-order valence-corrected chi connectivity index (χ1v) is 5.33. The fourth-order valence-electron chi connectivity index (χ4n) is 0.895. The van der Waals surface area contributed by atoms with Gasteiger partial charge in [0.05, 0.1) is 9.95 Å². The number of nitro benzene ring substituents is 1. The van der Waals surface area contributed by atoms with Gasteiger partial charge in [0.2, 0.25) is 3.79 Å². The van der Waals surface area contributed by atoms with E-state index >= 15 is 0 Å². The number of hydrogen-bond donors (Lipinski definition) is 0. The van der Waals surface area contributed by atoms with Crippen LogP contribution >= 0.6 is 58.0 Å². The van der Waals surface area contributed by atoms with Crippen molar-refractivity contribution < 1.29 is 4.92 Å². The van der Waals surface area contributed by atoms with Crippen LogP contribution in [0.5, 0.6) is 0 Å². The molecule has 82 valence electrons. The van der Waals surface area contributed by atoms with Gasteiger partial charge in [0, 0.05) is 11.6 Å². The Labute approximate surface area is 110 Å². The standard InChI is InChI=1S/C7H2Cl5NO2/c8-4-2-5(9)6(13(14)15)1-3(4)7(10,11)12/h1-2H. The Balaban J connectivity index is 3.43. The summed E-state index contributed by atoms with van der Waals surface area (Å²) in [5, 5.41) is 10.5. The fraction of sp³-hybridized carbons (Fsp3) is 0.143. The monoisotopic (exact) mass is 307 g/mol. The predicted molar refractivity (Wildman–Crippen MR) is 62.4 cm³/mol. The van der Waals surface area contributed by atoms with Gasteiger partial charge in [0.1, 0.15) is 5.02 Å². The molecule has 0 aromatic heterocycles. The number of nitro groups is 1. The highest BCUT2D eigenvalue weighted by Gasteiger charge is 2.29. The Hall–Kier alpha value is 0.0700. The van der Waals surface area contributed by atoms with Crippen LogP contribution < -0.4 is 0 Å². The lowest BCUT2D eigenvalue weighted by atomic mass is 10.2. The molecule has 0 saturated heterocycles. The maximum Gasteiger partial charge on any atom is 0.288 e. The number of halogens is 5. The van der Waals surface area contributed by atoms with E-state index in [4.69, 9.17) is 58.0 Å². The van der Waals surface area contributed by atoms with E-state index in [1.54, 1.807) is 0 Å². The third-order valence-electron chi connectivity index (χ3n) is 1.54. The van der Waals surface area contributed by atoms with Gasteiger partial charge < -0.3 is 0 Å². The summed E-state index contributed by atoms with van der Waals surface area (Å²) in [4.78, 5) is 9.88. The van der Waals surface area contributed by atoms with Gasteiger partial charge in [-0.25, -0.2) is 0 Å². The second-order valence-electron chi connectivity index (χ2n) is 2.54. The highest BCUT2D eigenvalue weighted by Crippen LogP contribution is 2.44. The summed E-state index contributed by atoms with van der Waals surface area (Å²) in [6.45, 7) is 0. The van der Waals surface area contributed by atoms with Crippen LogP contribution in [0.4, 0.5) is 5.69 Å². The average Bonchev–Trinajstić information content (AvgIpc) is 2.00. The quantitative estimate of drug-likeness (QED) is 0.427. The molecule has 0 N–H and O–H groups in total. The molecular formula is C7H2Cl5NO2. The van der Waals surface area contributed by atoms with E-state index in [1.807, 2.05) is 0 Å². The topological polar surface area (TPSA) is 43.1 Å². The first-order chi connectivity index (χ1) is 6.73. The van der Waals surface area contributed by atoms with Gasteiger partial charge in [-0.2, -0.15) is 0 Å². The lowest BCUT2D eigenvalue weighted by Gasteiger charge is -2.13. The minimum Gasteiger partial charge on any atom is -0.258 e. The van der Waals surface area contributed by atoms with Crippen LogP contribution in [0.2, 0.25) is 10.0 Å². The predicted octanol–water partition coefficient (Wildman–Crippen LogP) is 4.73. The van der Waals surface area contributed by atoms with Gasteiger partial charge in [-0.3, -0.25) is 10.1 Å². The highest BCUT2D eigenvalue weighted by molar-refractivity contribution is 6.67. The smallest absolute Gasteiger partial charge is 0.258 e. The molecule has 0 amide bonds. The van der Waals surface area contributed by atoms with Crippen LogP contribution in [0.1, 0.15) is 5.56 Å². The Morgan fingerprint density at radius 1 is 1.13 bits per heavy atom. The second kappa shape index (κ2) is 4.52. The normalized spacial score (nSPS) is 11.5. The van der Waals surface area contributed by atoms with Crippen molar-refractivity contribution in [2.45, 2.75) is 3.79 Å². The van der Waals surface area contributed by atoms with Crippen LogP contribution in [0.15, 0.2) is 12.1 Å². The summed E-state index contributed by atoms with van der Waals surface area (Å²) < 4.78 is -1.83. The maximum absolute atomic E-state index is 10.6. The summed E-state index contributed by atoms with van der Waals surface area (Å²) >= 11 is 28.0. The third kappa shape index (κ3) is 3.02. The van der Waals surface area contributed by atoms with E-state index < -0.39 is 8.72 Å². The fourth-order valence-corrected chi connectivity index (χ4v) is 2.10. The largest absolute Gasteiger partial charge is 0.288 e. The van der Waals surface area contributed by atoms with E-state index in [0.717, 1.165) is 6.07 Å². The van der Waals surface area contributed by atoms with Gasteiger partial charge in [-0.1, -0.05) is 58.0 Å². The SMILES string of the molecule is O=[N+]([O-])c1cc(C(Cl)(Cl)Cl)c(Cl)cc1Cl. The molecule has 1 aromatic rings. The van der Waals surface area contributed by atoms with Crippen molar-refractivity contribution in [3.63, 3.8) is 0 Å². The van der Waals surface area contributed by atoms with Crippen LogP contribution in [0.3, 0.4) is 0 Å². The number of benzene rings is 1. The maximum atomic E-state index is 10.6. The zero-order valence-corrected chi connectivity index (χ0v) is 10.6. The second-order valence-corrected chi connectivity index (χ2v) is 5.63. The van der Waals surface area contributed by atoms with Crippen molar-refractivity contribution in [2.24, 2.45) is 0 Å². The Kier molecular flexibility index (Phi) is 3.95. The molecule has 0 spiro atoms. The number of alkyl halides is 3. The minimum absolute atomic E-state index is 0.0188. The summed E-state index contributed by atoms with van der Waals surface area (Å²) in [5.74, 6) is 0. The molecule has 0 aliphatic carbocycles. The molecule has 0 fully saturated rings. The molecule has 0 heterocycles. The molecule has 8 heteroatoms. The van der Waals surface area contributed by atoms with E-state index in [9.17, 15) is 10.1 Å². The van der Waals surface area contributed by atoms with Gasteiger partial charge in [0.25, 0.3) is 5.69 Å². The van der Waals surface area contributed by atoms with Crippen molar-refractivity contribution in [3.05, 3.63) is 37.9 Å². The molecule has 0 bridgehead atoms.